The van der Waals surface area contributed by atoms with Gasteiger partial charge in [-0.15, -0.1) is 0 Å². The minimum absolute atomic E-state index is 0.229. The lowest BCUT2D eigenvalue weighted by atomic mass is 10.1. The van der Waals surface area contributed by atoms with Crippen LogP contribution in [-0.2, 0) is 17.1 Å². The van der Waals surface area contributed by atoms with Crippen LogP contribution < -0.4 is 10.1 Å². The molecule has 162 valence electrons. The van der Waals surface area contributed by atoms with E-state index in [4.69, 9.17) is 0 Å². The fraction of sp³-hybridized carbons (Fsp3) is 0.227. The molecule has 0 saturated carbocycles. The fourth-order valence-electron chi connectivity index (χ4n) is 3.44. The summed E-state index contributed by atoms with van der Waals surface area (Å²) in [6, 6.07) is 12.3. The number of amides is 1. The van der Waals surface area contributed by atoms with Crippen LogP contribution in [0, 0.1) is 20.8 Å². The van der Waals surface area contributed by atoms with Gasteiger partial charge in [0.25, 0.3) is 15.9 Å². The van der Waals surface area contributed by atoms with Crippen molar-refractivity contribution in [1.82, 2.24) is 14.6 Å². The van der Waals surface area contributed by atoms with E-state index in [9.17, 15) is 13.2 Å². The van der Waals surface area contributed by atoms with Crippen molar-refractivity contribution >= 4 is 27.3 Å². The minimum Gasteiger partial charge on any atom is -0.321 e. The Kier molecular flexibility index (Phi) is 6.26. The number of hydrogen-bond acceptors (Lipinski definition) is 5. The monoisotopic (exact) mass is 439 g/mol. The van der Waals surface area contributed by atoms with Crippen LogP contribution in [0.4, 0.5) is 5.69 Å². The van der Waals surface area contributed by atoms with Crippen molar-refractivity contribution < 1.29 is 13.2 Å². The molecule has 0 spiro atoms. The lowest BCUT2D eigenvalue weighted by molar-refractivity contribution is 0.101. The molecule has 3 aromatic rings. The van der Waals surface area contributed by atoms with Gasteiger partial charge in [-0.1, -0.05) is 29.8 Å². The zero-order valence-electron chi connectivity index (χ0n) is 18.1. The molecule has 2 aromatic carbocycles. The molecule has 3 rings (SSSR count). The number of aromatic nitrogens is 2. The highest BCUT2D eigenvalue weighted by atomic mass is 32.2. The van der Waals surface area contributed by atoms with Gasteiger partial charge in [0.05, 0.1) is 10.6 Å². The molecule has 0 bridgehead atoms. The normalized spacial score (nSPS) is 12.0. The summed E-state index contributed by atoms with van der Waals surface area (Å²) in [7, 11) is -2.14. The second-order valence-corrected chi connectivity index (χ2v) is 8.99. The number of nitrogens with zero attached hydrogens (tertiary/aromatic N) is 3. The predicted octanol–water partition coefficient (Wildman–Crippen LogP) is 3.30. The Hall–Kier alpha value is -3.46. The largest absolute Gasteiger partial charge is 0.321 e. The molecular formula is C22H25N5O3S. The first-order chi connectivity index (χ1) is 14.6. The zero-order chi connectivity index (χ0) is 22.8. The van der Waals surface area contributed by atoms with Crippen molar-refractivity contribution in [2.24, 2.45) is 12.1 Å². The highest BCUT2D eigenvalue weighted by molar-refractivity contribution is 7.89. The number of hydrogen-bond donors (Lipinski definition) is 2. The summed E-state index contributed by atoms with van der Waals surface area (Å²) in [5, 5.41) is 10.9. The van der Waals surface area contributed by atoms with Crippen LogP contribution in [0.1, 0.15) is 39.7 Å². The van der Waals surface area contributed by atoms with Gasteiger partial charge < -0.3 is 5.32 Å². The van der Waals surface area contributed by atoms with E-state index in [0.29, 0.717) is 33.8 Å². The van der Waals surface area contributed by atoms with Gasteiger partial charge in [-0.05, 0) is 62.6 Å². The quantitative estimate of drug-likeness (QED) is 0.454. The topological polar surface area (TPSA) is 105 Å². The third-order valence-corrected chi connectivity index (χ3v) is 6.31. The van der Waals surface area contributed by atoms with Crippen molar-refractivity contribution in [3.8, 4) is 0 Å². The van der Waals surface area contributed by atoms with Crippen LogP contribution in [0.5, 0.6) is 0 Å². The van der Waals surface area contributed by atoms with E-state index >= 15 is 0 Å². The average Bonchev–Trinajstić information content (AvgIpc) is 3.11. The number of sulfonamides is 1. The molecule has 0 fully saturated rings. The molecule has 1 heterocycles. The minimum atomic E-state index is -3.82. The Morgan fingerprint density at radius 1 is 1.06 bits per heavy atom. The third kappa shape index (κ3) is 5.00. The van der Waals surface area contributed by atoms with Crippen molar-refractivity contribution in [3.63, 3.8) is 0 Å². The number of hydrazone groups is 1. The zero-order valence-corrected chi connectivity index (χ0v) is 18.9. The summed E-state index contributed by atoms with van der Waals surface area (Å²) in [6.07, 6.45) is 1.55. The van der Waals surface area contributed by atoms with Crippen LogP contribution >= 0.6 is 0 Å². The van der Waals surface area contributed by atoms with Crippen LogP contribution in [0.3, 0.4) is 0 Å². The van der Waals surface area contributed by atoms with Gasteiger partial charge in [-0.25, -0.2) is 0 Å². The standard InChI is InChI=1S/C22H25N5O3S/c1-14-11-15(2)21(16(3)12-14)31(29,30)26-25-17(4)18-7-6-8-19(13-18)24-22(28)20-9-10-23-27(20)5/h6-13,26H,1-5H3,(H,24,28). The van der Waals surface area contributed by atoms with Crippen molar-refractivity contribution in [2.75, 3.05) is 5.32 Å². The first-order valence-electron chi connectivity index (χ1n) is 9.62. The van der Waals surface area contributed by atoms with Gasteiger partial charge in [0.1, 0.15) is 5.69 Å². The third-order valence-electron chi connectivity index (χ3n) is 4.80. The molecule has 2 N–H and O–H groups in total. The number of aryl methyl sites for hydroxylation is 4. The molecule has 0 radical (unpaired) electrons. The summed E-state index contributed by atoms with van der Waals surface area (Å²) in [4.78, 5) is 14.9. The van der Waals surface area contributed by atoms with E-state index < -0.39 is 10.0 Å². The van der Waals surface area contributed by atoms with E-state index in [1.54, 1.807) is 64.3 Å². The summed E-state index contributed by atoms with van der Waals surface area (Å²) in [6.45, 7) is 7.14. The average molecular weight is 440 g/mol. The van der Waals surface area contributed by atoms with Gasteiger partial charge >= 0.3 is 0 Å². The maximum atomic E-state index is 12.8. The summed E-state index contributed by atoms with van der Waals surface area (Å²) < 4.78 is 27.1. The highest BCUT2D eigenvalue weighted by Crippen LogP contribution is 2.21. The molecule has 0 aliphatic rings. The Morgan fingerprint density at radius 2 is 1.74 bits per heavy atom. The van der Waals surface area contributed by atoms with Gasteiger partial charge in [0.2, 0.25) is 0 Å². The molecular weight excluding hydrogens is 414 g/mol. The molecule has 9 heteroatoms. The maximum absolute atomic E-state index is 12.8. The van der Waals surface area contributed by atoms with Crippen molar-refractivity contribution in [1.29, 1.82) is 0 Å². The Balaban J connectivity index is 1.80. The maximum Gasteiger partial charge on any atom is 0.277 e. The van der Waals surface area contributed by atoms with E-state index in [2.05, 4.69) is 20.3 Å². The number of nitrogens with one attached hydrogen (secondary N) is 2. The van der Waals surface area contributed by atoms with Gasteiger partial charge in [0.15, 0.2) is 0 Å². The van der Waals surface area contributed by atoms with Crippen LogP contribution in [0.25, 0.3) is 0 Å². The number of anilines is 1. The predicted molar refractivity (Wildman–Crippen MR) is 121 cm³/mol. The molecule has 31 heavy (non-hydrogen) atoms. The van der Waals surface area contributed by atoms with Crippen LogP contribution in [0.15, 0.2) is 58.7 Å². The van der Waals surface area contributed by atoms with Crippen LogP contribution in [-0.4, -0.2) is 29.8 Å². The van der Waals surface area contributed by atoms with E-state index in [1.807, 2.05) is 19.1 Å². The number of carbonyl (C=O) groups excluding carboxylic acids is 1. The first-order valence-corrected chi connectivity index (χ1v) is 11.1. The number of benzene rings is 2. The number of carbonyl (C=O) groups is 1. The van der Waals surface area contributed by atoms with E-state index in [-0.39, 0.29) is 10.8 Å². The lowest BCUT2D eigenvalue weighted by Gasteiger charge is -2.12. The van der Waals surface area contributed by atoms with E-state index in [0.717, 1.165) is 5.56 Å². The number of rotatable bonds is 6. The molecule has 0 aliphatic heterocycles. The molecule has 0 atom stereocenters. The summed E-state index contributed by atoms with van der Waals surface area (Å²) in [5.74, 6) is -0.294. The second kappa shape index (κ2) is 8.73. The van der Waals surface area contributed by atoms with Gasteiger partial charge in [-0.3, -0.25) is 9.48 Å². The lowest BCUT2D eigenvalue weighted by Crippen LogP contribution is -2.22. The summed E-state index contributed by atoms with van der Waals surface area (Å²) in [5.41, 5.74) is 4.44. The first kappa shape index (κ1) is 22.2. The molecule has 0 aliphatic carbocycles. The van der Waals surface area contributed by atoms with Crippen LogP contribution in [0.2, 0.25) is 0 Å². The fourth-order valence-corrected chi connectivity index (χ4v) is 4.76. The van der Waals surface area contributed by atoms with Gasteiger partial charge in [-0.2, -0.15) is 23.4 Å². The molecule has 1 aromatic heterocycles. The molecule has 0 saturated heterocycles. The smallest absolute Gasteiger partial charge is 0.277 e. The summed E-state index contributed by atoms with van der Waals surface area (Å²) >= 11 is 0. The SMILES string of the molecule is CC(=NNS(=O)(=O)c1c(C)cc(C)cc1C)c1cccc(NC(=O)c2ccnn2C)c1. The Morgan fingerprint density at radius 3 is 2.35 bits per heavy atom. The molecule has 0 unspecified atom stereocenters. The van der Waals surface area contributed by atoms with Crippen molar-refractivity contribution in [2.45, 2.75) is 32.6 Å². The Bertz CT molecular complexity index is 1250. The van der Waals surface area contributed by atoms with Crippen molar-refractivity contribution in [3.05, 3.63) is 76.6 Å². The van der Waals surface area contributed by atoms with E-state index in [1.165, 1.54) is 4.68 Å². The van der Waals surface area contributed by atoms with Gasteiger partial charge in [0, 0.05) is 18.9 Å². The molecule has 8 nitrogen and oxygen atoms in total. The molecule has 1 amide bonds. The second-order valence-electron chi connectivity index (χ2n) is 7.39. The highest BCUT2D eigenvalue weighted by Gasteiger charge is 2.19. The Labute approximate surface area is 182 Å².